The summed E-state index contributed by atoms with van der Waals surface area (Å²) in [4.78, 5) is 14.5. The first kappa shape index (κ1) is 13.5. The van der Waals surface area contributed by atoms with Crippen molar-refractivity contribution in [2.75, 3.05) is 18.6 Å². The first-order chi connectivity index (χ1) is 8.65. The highest BCUT2D eigenvalue weighted by molar-refractivity contribution is 7.98. The Hall–Kier alpha value is -0.900. The highest BCUT2D eigenvalue weighted by Crippen LogP contribution is 2.33. The monoisotopic (exact) mass is 266 g/mol. The molecule has 0 spiro atoms. The van der Waals surface area contributed by atoms with Crippen LogP contribution in [0.25, 0.3) is 0 Å². The fraction of sp³-hybridized carbons (Fsp3) is 0.643. The third-order valence-corrected chi connectivity index (χ3v) is 4.53. The molecule has 4 heteroatoms. The summed E-state index contributed by atoms with van der Waals surface area (Å²) >= 11 is 1.75. The largest absolute Gasteiger partial charge is 0.353 e. The van der Waals surface area contributed by atoms with Gasteiger partial charge in [-0.2, -0.15) is 11.8 Å². The summed E-state index contributed by atoms with van der Waals surface area (Å²) in [6.07, 6.45) is 6.33. The zero-order valence-corrected chi connectivity index (χ0v) is 12.2. The topological polar surface area (TPSA) is 25.2 Å². The fourth-order valence-electron chi connectivity index (χ4n) is 2.76. The van der Waals surface area contributed by atoms with Gasteiger partial charge in [0.1, 0.15) is 0 Å². The van der Waals surface area contributed by atoms with Crippen molar-refractivity contribution in [3.05, 3.63) is 24.0 Å². The average Bonchev–Trinajstić information content (AvgIpc) is 2.96. The normalized spacial score (nSPS) is 21.3. The van der Waals surface area contributed by atoms with Crippen LogP contribution in [0.1, 0.15) is 31.5 Å². The second-order valence-electron chi connectivity index (χ2n) is 5.09. The van der Waals surface area contributed by atoms with Crippen LogP contribution in [-0.4, -0.2) is 33.9 Å². The summed E-state index contributed by atoms with van der Waals surface area (Å²) in [6.45, 7) is 2.95. The van der Waals surface area contributed by atoms with Gasteiger partial charge < -0.3 is 9.47 Å². The number of carbonyl (C=O) groups is 1. The van der Waals surface area contributed by atoms with Gasteiger partial charge in [-0.3, -0.25) is 4.79 Å². The predicted octanol–water partition coefficient (Wildman–Crippen LogP) is 2.69. The van der Waals surface area contributed by atoms with Crippen molar-refractivity contribution in [3.63, 3.8) is 0 Å². The van der Waals surface area contributed by atoms with E-state index in [-0.39, 0.29) is 12.0 Å². The fourth-order valence-corrected chi connectivity index (χ4v) is 3.41. The molecular weight excluding hydrogens is 244 g/mol. The van der Waals surface area contributed by atoms with Crippen molar-refractivity contribution >= 4 is 17.7 Å². The van der Waals surface area contributed by atoms with Gasteiger partial charge in [0, 0.05) is 37.2 Å². The molecule has 3 nitrogen and oxygen atoms in total. The minimum absolute atomic E-state index is 0.126. The van der Waals surface area contributed by atoms with Crippen LogP contribution in [-0.2, 0) is 11.8 Å². The molecule has 1 aliphatic heterocycles. The first-order valence-electron chi connectivity index (χ1n) is 6.55. The lowest BCUT2D eigenvalue weighted by Gasteiger charge is -2.27. The van der Waals surface area contributed by atoms with E-state index in [2.05, 4.69) is 41.1 Å². The minimum Gasteiger partial charge on any atom is -0.353 e. The van der Waals surface area contributed by atoms with Gasteiger partial charge in [0.15, 0.2) is 0 Å². The molecule has 1 aromatic rings. The second-order valence-corrected chi connectivity index (χ2v) is 6.00. The summed E-state index contributed by atoms with van der Waals surface area (Å²) in [7, 11) is 2.06. The third-order valence-electron chi connectivity index (χ3n) is 3.70. The number of aryl methyl sites for hydroxylation is 1. The molecule has 1 aliphatic rings. The van der Waals surface area contributed by atoms with E-state index in [1.807, 2.05) is 6.92 Å². The van der Waals surface area contributed by atoms with E-state index in [1.165, 1.54) is 5.69 Å². The Labute approximate surface area is 114 Å². The number of hydrogen-bond acceptors (Lipinski definition) is 2. The van der Waals surface area contributed by atoms with Crippen LogP contribution >= 0.6 is 11.8 Å². The van der Waals surface area contributed by atoms with Crippen LogP contribution in [0.15, 0.2) is 18.3 Å². The van der Waals surface area contributed by atoms with Crippen LogP contribution in [0.5, 0.6) is 0 Å². The van der Waals surface area contributed by atoms with E-state index >= 15 is 0 Å². The Kier molecular flexibility index (Phi) is 4.38. The van der Waals surface area contributed by atoms with Crippen molar-refractivity contribution in [1.29, 1.82) is 0 Å². The Bertz CT molecular complexity index is 416. The highest BCUT2D eigenvalue weighted by atomic mass is 32.2. The molecule has 1 fully saturated rings. The van der Waals surface area contributed by atoms with Gasteiger partial charge in [-0.05, 0) is 31.2 Å². The zero-order valence-electron chi connectivity index (χ0n) is 11.4. The van der Waals surface area contributed by atoms with Crippen LogP contribution in [0.4, 0.5) is 0 Å². The van der Waals surface area contributed by atoms with Gasteiger partial charge in [0.25, 0.3) is 0 Å². The molecular formula is C14H22N2OS. The van der Waals surface area contributed by atoms with E-state index < -0.39 is 0 Å². The van der Waals surface area contributed by atoms with Crippen molar-refractivity contribution in [1.82, 2.24) is 9.47 Å². The third kappa shape index (κ3) is 2.58. The van der Waals surface area contributed by atoms with E-state index in [9.17, 15) is 4.79 Å². The molecule has 1 saturated heterocycles. The minimum atomic E-state index is 0.126. The Morgan fingerprint density at radius 1 is 1.61 bits per heavy atom. The molecule has 0 bridgehead atoms. The number of likely N-dealkylation sites (tertiary alicyclic amines) is 1. The molecule has 1 amide bonds. The molecule has 1 aromatic heterocycles. The number of carbonyl (C=O) groups excluding carboxylic acids is 1. The van der Waals surface area contributed by atoms with Crippen LogP contribution in [0, 0.1) is 5.92 Å². The second kappa shape index (κ2) is 5.83. The number of nitrogens with zero attached hydrogens (tertiary/aromatic N) is 2. The summed E-state index contributed by atoms with van der Waals surface area (Å²) in [5, 5.41) is 0. The van der Waals surface area contributed by atoms with Gasteiger partial charge in [-0.1, -0.05) is 6.92 Å². The summed E-state index contributed by atoms with van der Waals surface area (Å²) in [5.74, 6) is 1.35. The van der Waals surface area contributed by atoms with Crippen molar-refractivity contribution in [2.24, 2.45) is 13.0 Å². The van der Waals surface area contributed by atoms with E-state index in [0.717, 1.165) is 25.1 Å². The smallest absolute Gasteiger partial charge is 0.226 e. The molecule has 0 radical (unpaired) electrons. The van der Waals surface area contributed by atoms with E-state index in [0.29, 0.717) is 5.91 Å². The maximum atomic E-state index is 12.5. The summed E-state index contributed by atoms with van der Waals surface area (Å²) < 4.78 is 2.13. The van der Waals surface area contributed by atoms with Gasteiger partial charge >= 0.3 is 0 Å². The lowest BCUT2D eigenvalue weighted by molar-refractivity contribution is -0.135. The maximum absolute atomic E-state index is 12.5. The number of amides is 1. The van der Waals surface area contributed by atoms with E-state index in [1.54, 1.807) is 11.8 Å². The van der Waals surface area contributed by atoms with Gasteiger partial charge in [0.05, 0.1) is 6.04 Å². The average molecular weight is 266 g/mol. The molecule has 2 atom stereocenters. The Morgan fingerprint density at radius 2 is 2.39 bits per heavy atom. The lowest BCUT2D eigenvalue weighted by atomic mass is 10.1. The first-order valence-corrected chi connectivity index (χ1v) is 7.95. The number of aromatic nitrogens is 1. The summed E-state index contributed by atoms with van der Waals surface area (Å²) in [6, 6.07) is 4.47. The van der Waals surface area contributed by atoms with Crippen molar-refractivity contribution in [3.8, 4) is 0 Å². The molecule has 2 heterocycles. The standard InChI is InChI=1S/C14H22N2OS/c1-11(10-18-3)14(17)16-9-5-7-13(16)12-6-4-8-15(12)2/h4,6,8,11,13H,5,7,9-10H2,1-3H3/t11-,13+/m0/s1. The number of thioether (sulfide) groups is 1. The molecule has 18 heavy (non-hydrogen) atoms. The number of rotatable bonds is 4. The van der Waals surface area contributed by atoms with Gasteiger partial charge in [-0.25, -0.2) is 0 Å². The Morgan fingerprint density at radius 3 is 3.00 bits per heavy atom. The molecule has 2 rings (SSSR count). The zero-order chi connectivity index (χ0) is 13.1. The highest BCUT2D eigenvalue weighted by Gasteiger charge is 2.33. The SMILES string of the molecule is CSC[C@H](C)C(=O)N1CCC[C@@H]1c1cccn1C. The molecule has 0 aromatic carbocycles. The molecule has 100 valence electrons. The predicted molar refractivity (Wildman–Crippen MR) is 76.6 cm³/mol. The van der Waals surface area contributed by atoms with Crippen LogP contribution < -0.4 is 0 Å². The maximum Gasteiger partial charge on any atom is 0.226 e. The molecule has 0 aliphatic carbocycles. The van der Waals surface area contributed by atoms with E-state index in [4.69, 9.17) is 0 Å². The molecule has 0 saturated carbocycles. The van der Waals surface area contributed by atoms with Crippen LogP contribution in [0.2, 0.25) is 0 Å². The van der Waals surface area contributed by atoms with Gasteiger partial charge in [0.2, 0.25) is 5.91 Å². The summed E-state index contributed by atoms with van der Waals surface area (Å²) in [5.41, 5.74) is 1.26. The van der Waals surface area contributed by atoms with Crippen molar-refractivity contribution < 1.29 is 4.79 Å². The van der Waals surface area contributed by atoms with Gasteiger partial charge in [-0.15, -0.1) is 0 Å². The number of hydrogen-bond donors (Lipinski definition) is 0. The quantitative estimate of drug-likeness (QED) is 0.837. The van der Waals surface area contributed by atoms with Crippen LogP contribution in [0.3, 0.4) is 0 Å². The van der Waals surface area contributed by atoms with Crippen molar-refractivity contribution in [2.45, 2.75) is 25.8 Å². The lowest BCUT2D eigenvalue weighted by Crippen LogP contribution is -2.36. The molecule has 0 unspecified atom stereocenters. The molecule has 0 N–H and O–H groups in total. The Balaban J connectivity index is 2.13.